The van der Waals surface area contributed by atoms with Gasteiger partial charge in [0.05, 0.1) is 13.5 Å². The number of aliphatic carboxylic acids is 1. The molecule has 9 heteroatoms. The van der Waals surface area contributed by atoms with Crippen molar-refractivity contribution in [1.29, 1.82) is 0 Å². The molecule has 1 aromatic heterocycles. The molecule has 9 nitrogen and oxygen atoms in total. The van der Waals surface area contributed by atoms with Crippen LogP contribution in [0.1, 0.15) is 12.0 Å². The Bertz CT molecular complexity index is 534. The predicted octanol–water partition coefficient (Wildman–Crippen LogP) is -0.782. The first-order valence-corrected chi connectivity index (χ1v) is 5.96. The van der Waals surface area contributed by atoms with E-state index in [-0.39, 0.29) is 6.54 Å². The molecule has 1 unspecified atom stereocenters. The van der Waals surface area contributed by atoms with Crippen molar-refractivity contribution in [1.82, 2.24) is 15.6 Å². The number of nitrogens with one attached hydrogen (secondary N) is 2. The molecule has 0 aliphatic heterocycles. The third-order valence-corrected chi connectivity index (χ3v) is 2.47. The number of carbonyl (C=O) groups is 3. The van der Waals surface area contributed by atoms with Gasteiger partial charge in [-0.15, -0.1) is 0 Å². The van der Waals surface area contributed by atoms with E-state index in [1.54, 1.807) is 12.1 Å². The molecule has 114 valence electrons. The molecule has 0 saturated heterocycles. The monoisotopic (exact) mass is 296 g/mol. The highest BCUT2D eigenvalue weighted by Crippen LogP contribution is 2.07. The van der Waals surface area contributed by atoms with Gasteiger partial charge >= 0.3 is 12.0 Å². The number of amides is 3. The molecular weight excluding hydrogens is 280 g/mol. The van der Waals surface area contributed by atoms with E-state index in [1.165, 1.54) is 13.3 Å². The van der Waals surface area contributed by atoms with Gasteiger partial charge in [0.2, 0.25) is 11.8 Å². The Morgan fingerprint density at radius 3 is 2.76 bits per heavy atom. The Kier molecular flexibility index (Phi) is 5.93. The normalized spacial score (nSPS) is 11.3. The number of methoxy groups -OCH3 is 1. The van der Waals surface area contributed by atoms with Crippen LogP contribution in [0.2, 0.25) is 0 Å². The lowest BCUT2D eigenvalue weighted by molar-refractivity contribution is -0.140. The molecule has 0 radical (unpaired) electrons. The first kappa shape index (κ1) is 16.2. The Morgan fingerprint density at radius 1 is 1.48 bits per heavy atom. The van der Waals surface area contributed by atoms with Crippen molar-refractivity contribution >= 4 is 17.9 Å². The van der Waals surface area contributed by atoms with Crippen molar-refractivity contribution in [2.75, 3.05) is 7.11 Å². The number of urea groups is 1. The summed E-state index contributed by atoms with van der Waals surface area (Å²) in [5.41, 5.74) is 5.63. The van der Waals surface area contributed by atoms with Gasteiger partial charge in [0.1, 0.15) is 6.04 Å². The molecule has 0 aliphatic rings. The zero-order valence-electron chi connectivity index (χ0n) is 11.3. The molecule has 0 aromatic carbocycles. The van der Waals surface area contributed by atoms with E-state index >= 15 is 0 Å². The van der Waals surface area contributed by atoms with Crippen LogP contribution in [0.15, 0.2) is 18.3 Å². The van der Waals surface area contributed by atoms with Gasteiger partial charge in [0.25, 0.3) is 0 Å². The lowest BCUT2D eigenvalue weighted by Gasteiger charge is -2.13. The molecule has 0 saturated carbocycles. The molecule has 1 heterocycles. The summed E-state index contributed by atoms with van der Waals surface area (Å²) < 4.78 is 4.93. The van der Waals surface area contributed by atoms with Crippen LogP contribution in [0.3, 0.4) is 0 Å². The lowest BCUT2D eigenvalue weighted by Crippen LogP contribution is -2.47. The molecule has 21 heavy (non-hydrogen) atoms. The summed E-state index contributed by atoms with van der Waals surface area (Å²) in [4.78, 5) is 37.1. The van der Waals surface area contributed by atoms with Gasteiger partial charge < -0.3 is 26.2 Å². The van der Waals surface area contributed by atoms with E-state index in [1.807, 2.05) is 0 Å². The van der Waals surface area contributed by atoms with Gasteiger partial charge in [0.15, 0.2) is 0 Å². The lowest BCUT2D eigenvalue weighted by atomic mass is 10.2. The maximum absolute atomic E-state index is 11.6. The fourth-order valence-corrected chi connectivity index (χ4v) is 1.46. The third-order valence-electron chi connectivity index (χ3n) is 2.47. The van der Waals surface area contributed by atoms with E-state index < -0.39 is 30.4 Å². The summed E-state index contributed by atoms with van der Waals surface area (Å²) in [6, 6.07) is 1.20. The molecule has 1 aromatic rings. The minimum Gasteiger partial charge on any atom is -0.481 e. The second kappa shape index (κ2) is 7.68. The van der Waals surface area contributed by atoms with Gasteiger partial charge in [-0.3, -0.25) is 4.79 Å². The zero-order chi connectivity index (χ0) is 15.8. The molecular formula is C12H16N4O5. The van der Waals surface area contributed by atoms with Gasteiger partial charge in [-0.25, -0.2) is 14.6 Å². The number of primary amides is 1. The smallest absolute Gasteiger partial charge is 0.326 e. The Balaban J connectivity index is 2.52. The van der Waals surface area contributed by atoms with Crippen LogP contribution in [-0.2, 0) is 16.1 Å². The van der Waals surface area contributed by atoms with E-state index in [2.05, 4.69) is 15.6 Å². The predicted molar refractivity (Wildman–Crippen MR) is 71.4 cm³/mol. The average molecular weight is 296 g/mol. The molecule has 0 bridgehead atoms. The third kappa shape index (κ3) is 5.76. The molecule has 0 fully saturated rings. The summed E-state index contributed by atoms with van der Waals surface area (Å²) in [6.45, 7) is 0.146. The number of carboxylic acid groups (broad SMARTS) is 1. The minimum absolute atomic E-state index is 0.146. The van der Waals surface area contributed by atoms with Crippen LogP contribution in [0.4, 0.5) is 4.79 Å². The highest BCUT2D eigenvalue weighted by molar-refractivity contribution is 5.87. The first-order valence-electron chi connectivity index (χ1n) is 5.96. The van der Waals surface area contributed by atoms with Crippen molar-refractivity contribution in [3.8, 4) is 5.88 Å². The Morgan fingerprint density at radius 2 is 2.19 bits per heavy atom. The largest absolute Gasteiger partial charge is 0.481 e. The standard InChI is InChI=1S/C12H16N4O5/c1-21-10-4-7(2-3-14-10)6-15-12(20)16-8(11(18)19)5-9(13)17/h2-4,8H,5-6H2,1H3,(H2,13,17)(H,18,19)(H2,15,16,20). The Labute approximate surface area is 120 Å². The van der Waals surface area contributed by atoms with Crippen LogP contribution >= 0.6 is 0 Å². The van der Waals surface area contributed by atoms with Crippen LogP contribution in [0.5, 0.6) is 5.88 Å². The molecule has 1 atom stereocenters. The highest BCUT2D eigenvalue weighted by atomic mass is 16.5. The number of nitrogens with zero attached hydrogens (tertiary/aromatic N) is 1. The summed E-state index contributed by atoms with van der Waals surface area (Å²) in [7, 11) is 1.47. The number of hydrogen-bond donors (Lipinski definition) is 4. The van der Waals surface area contributed by atoms with E-state index in [0.717, 1.165) is 5.56 Å². The van der Waals surface area contributed by atoms with Gasteiger partial charge in [0, 0.05) is 18.8 Å². The molecule has 0 spiro atoms. The average Bonchev–Trinajstić information content (AvgIpc) is 2.44. The van der Waals surface area contributed by atoms with Crippen molar-refractivity contribution in [2.45, 2.75) is 19.0 Å². The maximum Gasteiger partial charge on any atom is 0.326 e. The molecule has 0 aliphatic carbocycles. The number of carbonyl (C=O) groups excluding carboxylic acids is 2. The summed E-state index contributed by atoms with van der Waals surface area (Å²) >= 11 is 0. The highest BCUT2D eigenvalue weighted by Gasteiger charge is 2.21. The maximum atomic E-state index is 11.6. The number of hydrogen-bond acceptors (Lipinski definition) is 5. The fraction of sp³-hybridized carbons (Fsp3) is 0.333. The molecule has 5 N–H and O–H groups in total. The van der Waals surface area contributed by atoms with Crippen LogP contribution in [0, 0.1) is 0 Å². The number of nitrogens with two attached hydrogens (primary N) is 1. The zero-order valence-corrected chi connectivity index (χ0v) is 11.3. The SMILES string of the molecule is COc1cc(CNC(=O)NC(CC(N)=O)C(=O)O)ccn1. The van der Waals surface area contributed by atoms with Crippen molar-refractivity contribution in [3.05, 3.63) is 23.9 Å². The van der Waals surface area contributed by atoms with Crippen LogP contribution in [0.25, 0.3) is 0 Å². The van der Waals surface area contributed by atoms with Crippen LogP contribution < -0.4 is 21.1 Å². The van der Waals surface area contributed by atoms with Crippen molar-refractivity contribution < 1.29 is 24.2 Å². The number of ether oxygens (including phenoxy) is 1. The van der Waals surface area contributed by atoms with Gasteiger partial charge in [-0.2, -0.15) is 0 Å². The van der Waals surface area contributed by atoms with E-state index in [4.69, 9.17) is 15.6 Å². The number of carboxylic acids is 1. The number of rotatable bonds is 7. The summed E-state index contributed by atoms with van der Waals surface area (Å²) in [5.74, 6) is -1.76. The van der Waals surface area contributed by atoms with Gasteiger partial charge in [-0.1, -0.05) is 0 Å². The summed E-state index contributed by atoms with van der Waals surface area (Å²) in [6.07, 6.45) is 1.03. The number of aromatic nitrogens is 1. The van der Waals surface area contributed by atoms with Crippen molar-refractivity contribution in [2.24, 2.45) is 5.73 Å². The van der Waals surface area contributed by atoms with Crippen molar-refractivity contribution in [3.63, 3.8) is 0 Å². The van der Waals surface area contributed by atoms with Gasteiger partial charge in [-0.05, 0) is 11.6 Å². The quantitative estimate of drug-likeness (QED) is 0.519. The minimum atomic E-state index is -1.37. The first-order chi connectivity index (χ1) is 9.92. The Hall–Kier alpha value is -2.84. The summed E-state index contributed by atoms with van der Waals surface area (Å²) in [5, 5.41) is 13.5. The second-order valence-electron chi connectivity index (χ2n) is 4.09. The van der Waals surface area contributed by atoms with Crippen LogP contribution in [-0.4, -0.2) is 41.1 Å². The van der Waals surface area contributed by atoms with E-state index in [0.29, 0.717) is 5.88 Å². The van der Waals surface area contributed by atoms with E-state index in [9.17, 15) is 14.4 Å². The fourth-order valence-electron chi connectivity index (χ4n) is 1.46. The molecule has 1 rings (SSSR count). The molecule has 3 amide bonds. The number of pyridine rings is 1. The topological polar surface area (TPSA) is 144 Å². The second-order valence-corrected chi connectivity index (χ2v) is 4.09.